The molecule has 31 heavy (non-hydrogen) atoms. The third kappa shape index (κ3) is 5.64. The van der Waals surface area contributed by atoms with Gasteiger partial charge < -0.3 is 14.8 Å². The predicted octanol–water partition coefficient (Wildman–Crippen LogP) is 2.85. The van der Waals surface area contributed by atoms with Gasteiger partial charge in [-0.2, -0.15) is 0 Å². The van der Waals surface area contributed by atoms with E-state index >= 15 is 0 Å². The quantitative estimate of drug-likeness (QED) is 0.502. The van der Waals surface area contributed by atoms with E-state index in [4.69, 9.17) is 9.47 Å². The first-order valence-electron chi connectivity index (χ1n) is 9.31. The highest BCUT2D eigenvalue weighted by molar-refractivity contribution is 5.94. The lowest BCUT2D eigenvalue weighted by atomic mass is 10.0. The van der Waals surface area contributed by atoms with Gasteiger partial charge in [-0.25, -0.2) is 24.8 Å². The molecule has 0 saturated carbocycles. The Morgan fingerprint density at radius 2 is 1.77 bits per heavy atom. The minimum absolute atomic E-state index is 0.0114. The summed E-state index contributed by atoms with van der Waals surface area (Å²) in [6.45, 7) is 0. The Balaban J connectivity index is 1.67. The molecule has 0 fully saturated rings. The number of hydrogen-bond acceptors (Lipinski definition) is 8. The third-order valence-electron chi connectivity index (χ3n) is 4.38. The molecular weight excluding hydrogens is 405 g/mol. The summed E-state index contributed by atoms with van der Waals surface area (Å²) in [5.41, 5.74) is 4.31. The molecule has 2 N–H and O–H groups in total. The van der Waals surface area contributed by atoms with E-state index < -0.39 is 11.7 Å². The molecule has 3 aromatic rings. The van der Waals surface area contributed by atoms with Gasteiger partial charge in [0.2, 0.25) is 11.8 Å². The highest BCUT2D eigenvalue weighted by Gasteiger charge is 2.16. The number of hydrogen-bond donors (Lipinski definition) is 2. The van der Waals surface area contributed by atoms with Crippen molar-refractivity contribution in [2.24, 2.45) is 0 Å². The van der Waals surface area contributed by atoms with Crippen LogP contribution in [-0.4, -0.2) is 42.2 Å². The van der Waals surface area contributed by atoms with Gasteiger partial charge in [-0.3, -0.25) is 9.63 Å². The molecule has 0 aliphatic heterocycles. The number of anilines is 2. The van der Waals surface area contributed by atoms with E-state index in [9.17, 15) is 9.18 Å². The molecule has 2 aromatic heterocycles. The van der Waals surface area contributed by atoms with Crippen LogP contribution in [0.15, 0.2) is 42.9 Å². The van der Waals surface area contributed by atoms with E-state index in [-0.39, 0.29) is 11.3 Å². The smallest absolute Gasteiger partial charge is 0.274 e. The lowest BCUT2D eigenvalue weighted by molar-refractivity contribution is 0.0537. The second kappa shape index (κ2) is 10.3. The predicted molar refractivity (Wildman–Crippen MR) is 111 cm³/mol. The van der Waals surface area contributed by atoms with Crippen molar-refractivity contribution in [3.05, 3.63) is 65.4 Å². The van der Waals surface area contributed by atoms with E-state index in [0.29, 0.717) is 35.9 Å². The summed E-state index contributed by atoms with van der Waals surface area (Å²) in [5.74, 6) is -0.101. The Hall–Kier alpha value is -3.79. The van der Waals surface area contributed by atoms with E-state index in [0.717, 1.165) is 5.56 Å². The van der Waals surface area contributed by atoms with Crippen LogP contribution in [0.5, 0.6) is 11.6 Å². The lowest BCUT2D eigenvalue weighted by Gasteiger charge is -2.11. The second-order valence-electron chi connectivity index (χ2n) is 6.42. The molecule has 0 atom stereocenters. The largest absolute Gasteiger partial charge is 0.494 e. The molecule has 2 heterocycles. The van der Waals surface area contributed by atoms with E-state index in [1.165, 1.54) is 26.4 Å². The van der Waals surface area contributed by atoms with Gasteiger partial charge >= 0.3 is 0 Å². The molecular formula is C21H22FN5O4. The number of aryl methyl sites for hydroxylation is 2. The van der Waals surface area contributed by atoms with Crippen LogP contribution < -0.4 is 20.3 Å². The maximum absolute atomic E-state index is 14.6. The average molecular weight is 427 g/mol. The van der Waals surface area contributed by atoms with Crippen molar-refractivity contribution in [2.45, 2.75) is 12.8 Å². The zero-order valence-corrected chi connectivity index (χ0v) is 17.3. The minimum Gasteiger partial charge on any atom is -0.494 e. The zero-order chi connectivity index (χ0) is 22.2. The Labute approximate surface area is 178 Å². The van der Waals surface area contributed by atoms with Crippen molar-refractivity contribution < 1.29 is 23.5 Å². The van der Waals surface area contributed by atoms with Gasteiger partial charge in [0.25, 0.3) is 5.91 Å². The molecule has 0 aliphatic carbocycles. The SMILES string of the molecule is CONC(=O)c1cc(CCc2cnc(Nc3ccc(OC)nc3)nc2)c(F)c(OC)c1. The highest BCUT2D eigenvalue weighted by Crippen LogP contribution is 2.24. The molecule has 10 heteroatoms. The number of methoxy groups -OCH3 is 2. The standard InChI is InChI=1S/C21H22FN5O4/c1-29-17-9-15(20(28)27-31-3)8-14(19(17)22)5-4-13-10-24-21(25-11-13)26-16-6-7-18(30-2)23-12-16/h6-12H,4-5H2,1-3H3,(H,27,28)(H,24,25,26). The summed E-state index contributed by atoms with van der Waals surface area (Å²) in [6, 6.07) is 6.32. The first kappa shape index (κ1) is 21.9. The molecule has 9 nitrogen and oxygen atoms in total. The number of carbonyl (C=O) groups excluding carboxylic acids is 1. The number of carbonyl (C=O) groups is 1. The van der Waals surface area contributed by atoms with Gasteiger partial charge in [0.1, 0.15) is 0 Å². The Bertz CT molecular complexity index is 1030. The van der Waals surface area contributed by atoms with Gasteiger partial charge in [-0.05, 0) is 42.2 Å². The summed E-state index contributed by atoms with van der Waals surface area (Å²) in [4.78, 5) is 29.3. The number of rotatable bonds is 9. The van der Waals surface area contributed by atoms with Crippen molar-refractivity contribution in [1.29, 1.82) is 0 Å². The number of ether oxygens (including phenoxy) is 2. The number of hydroxylamine groups is 1. The summed E-state index contributed by atoms with van der Waals surface area (Å²) >= 11 is 0. The fraction of sp³-hybridized carbons (Fsp3) is 0.238. The first-order valence-corrected chi connectivity index (χ1v) is 9.31. The number of benzene rings is 1. The van der Waals surface area contributed by atoms with Gasteiger partial charge in [-0.1, -0.05) is 0 Å². The molecule has 162 valence electrons. The molecule has 3 rings (SSSR count). The zero-order valence-electron chi connectivity index (χ0n) is 17.3. The van der Waals surface area contributed by atoms with Crippen LogP contribution in [0.1, 0.15) is 21.5 Å². The fourth-order valence-electron chi connectivity index (χ4n) is 2.80. The number of aromatic nitrogens is 3. The fourth-order valence-corrected chi connectivity index (χ4v) is 2.80. The van der Waals surface area contributed by atoms with Gasteiger partial charge in [-0.15, -0.1) is 0 Å². The average Bonchev–Trinajstić information content (AvgIpc) is 2.80. The van der Waals surface area contributed by atoms with E-state index in [1.807, 2.05) is 0 Å². The number of nitrogens with zero attached hydrogens (tertiary/aromatic N) is 3. The molecule has 0 saturated heterocycles. The van der Waals surface area contributed by atoms with Gasteiger partial charge in [0.05, 0.1) is 33.2 Å². The first-order chi connectivity index (χ1) is 15.0. The minimum atomic E-state index is -0.511. The number of pyridine rings is 1. The molecule has 0 unspecified atom stereocenters. The summed E-state index contributed by atoms with van der Waals surface area (Å²) in [5, 5.41) is 3.04. The summed E-state index contributed by atoms with van der Waals surface area (Å²) in [6.07, 6.45) is 5.72. The highest BCUT2D eigenvalue weighted by atomic mass is 19.1. The molecule has 0 radical (unpaired) electrons. The van der Waals surface area contributed by atoms with E-state index in [1.54, 1.807) is 37.8 Å². The van der Waals surface area contributed by atoms with Crippen LogP contribution in [0.2, 0.25) is 0 Å². The monoisotopic (exact) mass is 427 g/mol. The summed E-state index contributed by atoms with van der Waals surface area (Å²) < 4.78 is 24.7. The number of amides is 1. The van der Waals surface area contributed by atoms with Gasteiger partial charge in [0, 0.05) is 24.0 Å². The normalized spacial score (nSPS) is 10.5. The topological polar surface area (TPSA) is 107 Å². The van der Waals surface area contributed by atoms with Crippen LogP contribution in [0.4, 0.5) is 16.0 Å². The van der Waals surface area contributed by atoms with Crippen molar-refractivity contribution in [3.63, 3.8) is 0 Å². The van der Waals surface area contributed by atoms with Crippen LogP contribution in [0.3, 0.4) is 0 Å². The third-order valence-corrected chi connectivity index (χ3v) is 4.38. The molecule has 0 spiro atoms. The Morgan fingerprint density at radius 3 is 2.39 bits per heavy atom. The summed E-state index contributed by atoms with van der Waals surface area (Å²) in [7, 11) is 4.21. The second-order valence-corrected chi connectivity index (χ2v) is 6.42. The van der Waals surface area contributed by atoms with Gasteiger partial charge in [0.15, 0.2) is 11.6 Å². The van der Waals surface area contributed by atoms with Crippen molar-refractivity contribution in [1.82, 2.24) is 20.4 Å². The van der Waals surface area contributed by atoms with Crippen molar-refractivity contribution in [3.8, 4) is 11.6 Å². The van der Waals surface area contributed by atoms with Crippen LogP contribution in [0.25, 0.3) is 0 Å². The van der Waals surface area contributed by atoms with Crippen molar-refractivity contribution >= 4 is 17.5 Å². The molecule has 1 amide bonds. The number of nitrogens with one attached hydrogen (secondary N) is 2. The van der Waals surface area contributed by atoms with Crippen LogP contribution in [-0.2, 0) is 17.7 Å². The molecule has 0 bridgehead atoms. The molecule has 1 aromatic carbocycles. The van der Waals surface area contributed by atoms with Crippen LogP contribution >= 0.6 is 0 Å². The lowest BCUT2D eigenvalue weighted by Crippen LogP contribution is -2.22. The maximum atomic E-state index is 14.6. The maximum Gasteiger partial charge on any atom is 0.274 e. The van der Waals surface area contributed by atoms with Crippen LogP contribution in [0, 0.1) is 5.82 Å². The number of halogens is 1. The Morgan fingerprint density at radius 1 is 1.00 bits per heavy atom. The van der Waals surface area contributed by atoms with E-state index in [2.05, 4.69) is 30.6 Å². The van der Waals surface area contributed by atoms with Crippen molar-refractivity contribution in [2.75, 3.05) is 26.6 Å². The Kier molecular flexibility index (Phi) is 7.28. The molecule has 0 aliphatic rings.